The molecule has 0 fully saturated rings. The number of methoxy groups -OCH3 is 1. The highest BCUT2D eigenvalue weighted by atomic mass is 32.3. The first-order valence-corrected chi connectivity index (χ1v) is 4.46. The second-order valence-electron chi connectivity index (χ2n) is 2.01. The molecule has 0 aliphatic heterocycles. The van der Waals surface area contributed by atoms with Gasteiger partial charge in [0, 0.05) is 6.07 Å². The standard InChI is InChI=1S/C6H6FNO4S/c1-11-6-3-2-5(4-8-6)12-13(7,9)10/h2-4H,1H3. The molecule has 13 heavy (non-hydrogen) atoms. The van der Waals surface area contributed by atoms with Gasteiger partial charge in [0.25, 0.3) is 0 Å². The van der Waals surface area contributed by atoms with Crippen LogP contribution in [-0.4, -0.2) is 20.5 Å². The maximum atomic E-state index is 11.9. The van der Waals surface area contributed by atoms with E-state index in [-0.39, 0.29) is 11.6 Å². The summed E-state index contributed by atoms with van der Waals surface area (Å²) in [7, 11) is -3.58. The Morgan fingerprint density at radius 3 is 2.54 bits per heavy atom. The van der Waals surface area contributed by atoms with Crippen LogP contribution in [0.15, 0.2) is 18.3 Å². The molecule has 0 saturated heterocycles. The first-order valence-electron chi connectivity index (χ1n) is 3.15. The molecule has 0 amide bonds. The first kappa shape index (κ1) is 9.72. The summed E-state index contributed by atoms with van der Waals surface area (Å²) >= 11 is 0. The van der Waals surface area contributed by atoms with E-state index in [1.807, 2.05) is 0 Å². The van der Waals surface area contributed by atoms with Gasteiger partial charge in [0.1, 0.15) is 0 Å². The molecule has 1 rings (SSSR count). The minimum Gasteiger partial charge on any atom is -0.481 e. The van der Waals surface area contributed by atoms with Crippen LogP contribution in [0.4, 0.5) is 3.89 Å². The number of ether oxygens (including phenoxy) is 1. The molecular weight excluding hydrogens is 201 g/mol. The van der Waals surface area contributed by atoms with Gasteiger partial charge in [-0.05, 0) is 6.07 Å². The lowest BCUT2D eigenvalue weighted by molar-refractivity contribution is 0.394. The maximum Gasteiger partial charge on any atom is 0.488 e. The van der Waals surface area contributed by atoms with Gasteiger partial charge in [0.2, 0.25) is 5.88 Å². The van der Waals surface area contributed by atoms with Gasteiger partial charge in [-0.3, -0.25) is 0 Å². The molecule has 7 heteroatoms. The summed E-state index contributed by atoms with van der Waals surface area (Å²) in [5, 5.41) is 0. The summed E-state index contributed by atoms with van der Waals surface area (Å²) < 4.78 is 40.5. The molecule has 5 nitrogen and oxygen atoms in total. The normalized spacial score (nSPS) is 10.9. The van der Waals surface area contributed by atoms with Gasteiger partial charge >= 0.3 is 10.5 Å². The van der Waals surface area contributed by atoms with Gasteiger partial charge in [-0.2, -0.15) is 8.42 Å². The molecule has 0 aromatic carbocycles. The largest absolute Gasteiger partial charge is 0.488 e. The van der Waals surface area contributed by atoms with Gasteiger partial charge in [0.05, 0.1) is 13.3 Å². The number of hydrogen-bond donors (Lipinski definition) is 0. The minimum absolute atomic E-state index is 0.205. The van der Waals surface area contributed by atoms with Crippen molar-refractivity contribution in [2.24, 2.45) is 0 Å². The highest BCUT2D eigenvalue weighted by Crippen LogP contribution is 2.15. The molecule has 0 N–H and O–H groups in total. The zero-order chi connectivity index (χ0) is 9.90. The van der Waals surface area contributed by atoms with E-state index < -0.39 is 10.5 Å². The second-order valence-corrected chi connectivity index (χ2v) is 2.97. The predicted octanol–water partition coefficient (Wildman–Crippen LogP) is 0.683. The fraction of sp³-hybridized carbons (Fsp3) is 0.167. The van der Waals surface area contributed by atoms with Crippen LogP contribution >= 0.6 is 0 Å². The molecular formula is C6H6FNO4S. The molecule has 1 heterocycles. The van der Waals surface area contributed by atoms with E-state index in [9.17, 15) is 12.3 Å². The Bertz CT molecular complexity index is 374. The third kappa shape index (κ3) is 3.24. The number of aromatic nitrogens is 1. The molecule has 72 valence electrons. The van der Waals surface area contributed by atoms with Crippen LogP contribution in [0.25, 0.3) is 0 Å². The summed E-state index contributed by atoms with van der Waals surface area (Å²) in [6.07, 6.45) is 1.04. The average Bonchev–Trinajstić information content (AvgIpc) is 2.03. The Morgan fingerprint density at radius 1 is 1.46 bits per heavy atom. The molecule has 0 aliphatic rings. The molecule has 0 atom stereocenters. The zero-order valence-corrected chi connectivity index (χ0v) is 7.41. The molecule has 0 bridgehead atoms. The van der Waals surface area contributed by atoms with Crippen molar-refractivity contribution in [3.63, 3.8) is 0 Å². The van der Waals surface area contributed by atoms with E-state index in [4.69, 9.17) is 0 Å². The fourth-order valence-corrected chi connectivity index (χ4v) is 0.980. The minimum atomic E-state index is -4.98. The third-order valence-corrected chi connectivity index (χ3v) is 1.51. The number of nitrogens with zero attached hydrogens (tertiary/aromatic N) is 1. The fourth-order valence-electron chi connectivity index (χ4n) is 0.652. The molecule has 1 aromatic rings. The van der Waals surface area contributed by atoms with Crippen LogP contribution in [-0.2, 0) is 10.5 Å². The summed E-state index contributed by atoms with van der Waals surface area (Å²) in [6.45, 7) is 0. The van der Waals surface area contributed by atoms with Crippen LogP contribution in [0.3, 0.4) is 0 Å². The van der Waals surface area contributed by atoms with Crippen LogP contribution < -0.4 is 8.92 Å². The second kappa shape index (κ2) is 3.56. The highest BCUT2D eigenvalue weighted by molar-refractivity contribution is 7.81. The maximum absolute atomic E-state index is 11.9. The van der Waals surface area contributed by atoms with Crippen LogP contribution in [0.1, 0.15) is 0 Å². The van der Waals surface area contributed by atoms with Crippen molar-refractivity contribution in [1.29, 1.82) is 0 Å². The molecule has 0 radical (unpaired) electrons. The Kier molecular flexibility index (Phi) is 2.66. The van der Waals surface area contributed by atoms with Crippen molar-refractivity contribution in [2.45, 2.75) is 0 Å². The number of rotatable bonds is 3. The lowest BCUT2D eigenvalue weighted by Gasteiger charge is -2.00. The average molecular weight is 207 g/mol. The van der Waals surface area contributed by atoms with Gasteiger partial charge in [-0.15, -0.1) is 0 Å². The van der Waals surface area contributed by atoms with Gasteiger partial charge in [-0.25, -0.2) is 4.98 Å². The van der Waals surface area contributed by atoms with Gasteiger partial charge in [-0.1, -0.05) is 3.89 Å². The lowest BCUT2D eigenvalue weighted by Crippen LogP contribution is -2.01. The van der Waals surface area contributed by atoms with Crippen LogP contribution in [0.2, 0.25) is 0 Å². The summed E-state index contributed by atoms with van der Waals surface area (Å²) in [5.74, 6) is 0.0758. The van der Waals surface area contributed by atoms with E-state index in [1.165, 1.54) is 19.2 Å². The van der Waals surface area contributed by atoms with Crippen molar-refractivity contribution in [1.82, 2.24) is 4.98 Å². The van der Waals surface area contributed by atoms with Crippen molar-refractivity contribution in [3.8, 4) is 11.6 Å². The van der Waals surface area contributed by atoms with E-state index in [2.05, 4.69) is 13.9 Å². The number of hydrogen-bond acceptors (Lipinski definition) is 5. The first-order chi connectivity index (χ1) is 6.01. The smallest absolute Gasteiger partial charge is 0.481 e. The van der Waals surface area contributed by atoms with Crippen molar-refractivity contribution in [2.75, 3.05) is 7.11 Å². The number of pyridine rings is 1. The highest BCUT2D eigenvalue weighted by Gasteiger charge is 2.09. The predicted molar refractivity (Wildman–Crippen MR) is 41.4 cm³/mol. The molecule has 0 spiro atoms. The third-order valence-electron chi connectivity index (χ3n) is 1.11. The van der Waals surface area contributed by atoms with E-state index >= 15 is 0 Å². The van der Waals surface area contributed by atoms with E-state index in [0.29, 0.717) is 0 Å². The number of halogens is 1. The quantitative estimate of drug-likeness (QED) is 0.682. The topological polar surface area (TPSA) is 65.5 Å². The van der Waals surface area contributed by atoms with E-state index in [1.54, 1.807) is 0 Å². The van der Waals surface area contributed by atoms with Gasteiger partial charge < -0.3 is 8.92 Å². The van der Waals surface area contributed by atoms with E-state index in [0.717, 1.165) is 6.20 Å². The Morgan fingerprint density at radius 2 is 2.15 bits per heavy atom. The summed E-state index contributed by atoms with van der Waals surface area (Å²) in [5.41, 5.74) is 0. The summed E-state index contributed by atoms with van der Waals surface area (Å²) in [6, 6.07) is 2.57. The monoisotopic (exact) mass is 207 g/mol. The molecule has 0 unspecified atom stereocenters. The molecule has 1 aromatic heterocycles. The van der Waals surface area contributed by atoms with Gasteiger partial charge in [0.15, 0.2) is 5.75 Å². The molecule has 0 saturated carbocycles. The van der Waals surface area contributed by atoms with Crippen molar-refractivity contribution >= 4 is 10.5 Å². The lowest BCUT2D eigenvalue weighted by atomic mass is 10.4. The Balaban J connectivity index is 2.81. The Labute approximate surface area is 74.5 Å². The summed E-state index contributed by atoms with van der Waals surface area (Å²) in [4.78, 5) is 3.60. The zero-order valence-electron chi connectivity index (χ0n) is 6.60. The van der Waals surface area contributed by atoms with Crippen molar-refractivity contribution in [3.05, 3.63) is 18.3 Å². The SMILES string of the molecule is COc1ccc(OS(=O)(=O)F)cn1. The van der Waals surface area contributed by atoms with Crippen LogP contribution in [0.5, 0.6) is 11.6 Å². The Hall–Kier alpha value is -1.37. The van der Waals surface area contributed by atoms with Crippen molar-refractivity contribution < 1.29 is 21.2 Å². The molecule has 0 aliphatic carbocycles. The van der Waals surface area contributed by atoms with Crippen LogP contribution in [0, 0.1) is 0 Å².